The van der Waals surface area contributed by atoms with Gasteiger partial charge in [-0.25, -0.2) is 0 Å². The molecule has 0 unspecified atom stereocenters. The topological polar surface area (TPSA) is 57.5 Å². The van der Waals surface area contributed by atoms with Crippen molar-refractivity contribution in [3.8, 4) is 11.5 Å². The van der Waals surface area contributed by atoms with Crippen molar-refractivity contribution in [3.05, 3.63) is 120 Å². The van der Waals surface area contributed by atoms with Crippen molar-refractivity contribution in [1.82, 2.24) is 0 Å². The highest BCUT2D eigenvalue weighted by Crippen LogP contribution is 2.60. The lowest BCUT2D eigenvalue weighted by Crippen LogP contribution is -2.22. The largest absolute Gasteiger partial charge is 0.508 e. The van der Waals surface area contributed by atoms with E-state index < -0.39 is 12.8 Å². The first kappa shape index (κ1) is 19.0. The number of hydrogen-bond donors (Lipinski definition) is 2. The lowest BCUT2D eigenvalue weighted by molar-refractivity contribution is 0.475. The van der Waals surface area contributed by atoms with E-state index in [9.17, 15) is 14.8 Å². The van der Waals surface area contributed by atoms with Crippen molar-refractivity contribution < 1.29 is 14.8 Å². The normalized spacial score (nSPS) is 11.5. The van der Waals surface area contributed by atoms with Gasteiger partial charge < -0.3 is 14.8 Å². The van der Waals surface area contributed by atoms with Gasteiger partial charge in [-0.05, 0) is 35.4 Å². The average molecular weight is 400 g/mol. The third-order valence-corrected chi connectivity index (χ3v) is 8.51. The highest BCUT2D eigenvalue weighted by atomic mass is 31.2. The minimum atomic E-state index is -3.17. The molecule has 4 aromatic carbocycles. The molecule has 0 saturated carbocycles. The van der Waals surface area contributed by atoms with Gasteiger partial charge in [-0.15, -0.1) is 0 Å². The van der Waals surface area contributed by atoms with Gasteiger partial charge >= 0.3 is 0 Å². The van der Waals surface area contributed by atoms with E-state index in [1.165, 1.54) is 0 Å². The van der Waals surface area contributed by atoms with Crippen LogP contribution in [0.3, 0.4) is 0 Å². The number of phenols is 2. The Morgan fingerprint density at radius 1 is 0.517 bits per heavy atom. The number of rotatable bonds is 5. The Balaban J connectivity index is 2.02. The summed E-state index contributed by atoms with van der Waals surface area (Å²) in [5.41, 5.74) is 1.21. The summed E-state index contributed by atoms with van der Waals surface area (Å²) in [5.74, 6) is 0.319. The minimum absolute atomic E-state index is 0.160. The summed E-state index contributed by atoms with van der Waals surface area (Å²) in [5, 5.41) is 21.1. The molecule has 144 valence electrons. The van der Waals surface area contributed by atoms with Crippen LogP contribution in [0.5, 0.6) is 11.5 Å². The van der Waals surface area contributed by atoms with Crippen LogP contribution in [-0.4, -0.2) is 10.2 Å². The third-order valence-electron chi connectivity index (χ3n) is 5.06. The zero-order valence-corrected chi connectivity index (χ0v) is 16.6. The van der Waals surface area contributed by atoms with Crippen LogP contribution in [0.4, 0.5) is 0 Å². The Morgan fingerprint density at radius 2 is 0.862 bits per heavy atom. The van der Waals surface area contributed by atoms with Gasteiger partial charge in [0.15, 0.2) is 7.14 Å². The van der Waals surface area contributed by atoms with E-state index in [0.29, 0.717) is 0 Å². The fraction of sp³-hybridized carbons (Fsp3) is 0.0400. The first-order chi connectivity index (χ1) is 14.1. The maximum atomic E-state index is 15.0. The Morgan fingerprint density at radius 3 is 1.21 bits per heavy atom. The van der Waals surface area contributed by atoms with E-state index in [-0.39, 0.29) is 11.5 Å². The van der Waals surface area contributed by atoms with Gasteiger partial charge in [0.25, 0.3) is 0 Å². The summed E-state index contributed by atoms with van der Waals surface area (Å²) < 4.78 is 15.0. The second-order valence-electron chi connectivity index (χ2n) is 6.91. The molecule has 4 rings (SSSR count). The zero-order chi connectivity index (χ0) is 20.3. The SMILES string of the molecule is O=P(c1ccccc1)(c1ccccc1)C(c1ccc(O)cc1)c1ccc(O)cc1. The Labute approximate surface area is 170 Å². The van der Waals surface area contributed by atoms with E-state index >= 15 is 0 Å². The second kappa shape index (κ2) is 7.98. The molecular formula is C25H21O3P. The molecule has 0 heterocycles. The molecule has 0 bridgehead atoms. The van der Waals surface area contributed by atoms with E-state index in [2.05, 4.69) is 0 Å². The summed E-state index contributed by atoms with van der Waals surface area (Å²) in [6.07, 6.45) is 0. The molecule has 2 N–H and O–H groups in total. The summed E-state index contributed by atoms with van der Waals surface area (Å²) in [6, 6.07) is 32.7. The molecule has 0 amide bonds. The maximum absolute atomic E-state index is 15.0. The van der Waals surface area contributed by atoms with Gasteiger partial charge in [-0.2, -0.15) is 0 Å². The number of benzene rings is 4. The Kier molecular flexibility index (Phi) is 5.24. The fourth-order valence-electron chi connectivity index (χ4n) is 3.67. The minimum Gasteiger partial charge on any atom is -0.508 e. The van der Waals surface area contributed by atoms with E-state index in [1.54, 1.807) is 24.3 Å². The van der Waals surface area contributed by atoms with Crippen LogP contribution >= 0.6 is 7.14 Å². The molecule has 0 fully saturated rings. The fourth-order valence-corrected chi connectivity index (χ4v) is 6.98. The lowest BCUT2D eigenvalue weighted by atomic mass is 10.0. The van der Waals surface area contributed by atoms with Crippen molar-refractivity contribution in [1.29, 1.82) is 0 Å². The van der Waals surface area contributed by atoms with E-state index in [0.717, 1.165) is 21.7 Å². The average Bonchev–Trinajstić information content (AvgIpc) is 2.77. The monoisotopic (exact) mass is 400 g/mol. The molecule has 0 aliphatic rings. The number of aromatic hydroxyl groups is 2. The standard InChI is InChI=1S/C25H21O3P/c26-21-15-11-19(12-16-21)25(20-13-17-22(27)18-14-20)29(28,23-7-3-1-4-8-23)24-9-5-2-6-10-24/h1-18,25-27H. The van der Waals surface area contributed by atoms with Crippen LogP contribution in [0.15, 0.2) is 109 Å². The predicted octanol–water partition coefficient (Wildman–Crippen LogP) is 5.20. The lowest BCUT2D eigenvalue weighted by Gasteiger charge is -2.30. The summed E-state index contributed by atoms with van der Waals surface area (Å²) >= 11 is 0. The molecule has 4 heteroatoms. The third kappa shape index (κ3) is 3.70. The molecule has 0 radical (unpaired) electrons. The smallest absolute Gasteiger partial charge is 0.154 e. The van der Waals surface area contributed by atoms with Gasteiger partial charge in [-0.3, -0.25) is 0 Å². The van der Waals surface area contributed by atoms with Gasteiger partial charge in [0.2, 0.25) is 0 Å². The first-order valence-electron chi connectivity index (χ1n) is 9.38. The molecule has 3 nitrogen and oxygen atoms in total. The second-order valence-corrected chi connectivity index (χ2v) is 9.78. The summed E-state index contributed by atoms with van der Waals surface area (Å²) in [7, 11) is -3.17. The molecule has 29 heavy (non-hydrogen) atoms. The quantitative estimate of drug-likeness (QED) is 0.453. The van der Waals surface area contributed by atoms with Crippen LogP contribution in [-0.2, 0) is 4.57 Å². The summed E-state index contributed by atoms with van der Waals surface area (Å²) in [6.45, 7) is 0. The maximum Gasteiger partial charge on any atom is 0.154 e. The molecular weight excluding hydrogens is 379 g/mol. The van der Waals surface area contributed by atoms with E-state index in [4.69, 9.17) is 0 Å². The van der Waals surface area contributed by atoms with Gasteiger partial charge in [0, 0.05) is 10.6 Å². The van der Waals surface area contributed by atoms with Crippen LogP contribution in [0.25, 0.3) is 0 Å². The summed E-state index contributed by atoms with van der Waals surface area (Å²) in [4.78, 5) is 0. The van der Waals surface area contributed by atoms with Crippen LogP contribution in [0.1, 0.15) is 16.8 Å². The molecule has 0 aromatic heterocycles. The highest BCUT2D eigenvalue weighted by Gasteiger charge is 2.38. The van der Waals surface area contributed by atoms with Gasteiger partial charge in [0.1, 0.15) is 11.5 Å². The van der Waals surface area contributed by atoms with Crippen molar-refractivity contribution >= 4 is 17.8 Å². The van der Waals surface area contributed by atoms with Crippen LogP contribution < -0.4 is 10.6 Å². The zero-order valence-electron chi connectivity index (χ0n) is 15.7. The van der Waals surface area contributed by atoms with Gasteiger partial charge in [-0.1, -0.05) is 84.9 Å². The molecule has 0 saturated heterocycles. The van der Waals surface area contributed by atoms with Gasteiger partial charge in [0.05, 0.1) is 5.66 Å². The van der Waals surface area contributed by atoms with Crippen molar-refractivity contribution in [3.63, 3.8) is 0 Å². The number of hydrogen-bond acceptors (Lipinski definition) is 3. The Bertz CT molecular complexity index is 1030. The molecule has 0 atom stereocenters. The Hall–Kier alpha value is -3.29. The van der Waals surface area contributed by atoms with E-state index in [1.807, 2.05) is 84.9 Å². The first-order valence-corrected chi connectivity index (χ1v) is 11.2. The molecule has 0 spiro atoms. The number of phenolic OH excluding ortho intramolecular Hbond substituents is 2. The molecule has 0 aliphatic carbocycles. The van der Waals surface area contributed by atoms with Crippen LogP contribution in [0.2, 0.25) is 0 Å². The molecule has 0 aliphatic heterocycles. The van der Waals surface area contributed by atoms with Crippen molar-refractivity contribution in [2.75, 3.05) is 0 Å². The predicted molar refractivity (Wildman–Crippen MR) is 118 cm³/mol. The van der Waals surface area contributed by atoms with Crippen LogP contribution in [0, 0.1) is 0 Å². The highest BCUT2D eigenvalue weighted by molar-refractivity contribution is 7.79. The van der Waals surface area contributed by atoms with Crippen molar-refractivity contribution in [2.24, 2.45) is 0 Å². The van der Waals surface area contributed by atoms with Crippen molar-refractivity contribution in [2.45, 2.75) is 5.66 Å². The molecule has 4 aromatic rings.